The predicted molar refractivity (Wildman–Crippen MR) is 69.9 cm³/mol. The van der Waals surface area contributed by atoms with Gasteiger partial charge in [0.1, 0.15) is 0 Å². The van der Waals surface area contributed by atoms with Crippen LogP contribution in [-0.2, 0) is 4.79 Å². The van der Waals surface area contributed by atoms with Gasteiger partial charge in [-0.1, -0.05) is 20.8 Å². The molecule has 0 saturated carbocycles. The topological polar surface area (TPSA) is 41.1 Å². The second-order valence-corrected chi connectivity index (χ2v) is 5.14. The van der Waals surface area contributed by atoms with Crippen molar-refractivity contribution in [2.45, 2.75) is 40.0 Å². The monoisotopic (exact) mass is 248 g/mol. The van der Waals surface area contributed by atoms with Crippen molar-refractivity contribution in [1.82, 2.24) is 10.6 Å². The number of rotatable bonds is 5. The van der Waals surface area contributed by atoms with E-state index in [1.807, 2.05) is 13.8 Å². The van der Waals surface area contributed by atoms with Crippen molar-refractivity contribution in [2.24, 2.45) is 11.3 Å². The summed E-state index contributed by atoms with van der Waals surface area (Å²) in [7, 11) is 0. The third kappa shape index (κ3) is 4.71. The molecule has 0 spiro atoms. The van der Waals surface area contributed by atoms with Gasteiger partial charge in [-0.15, -0.1) is 12.4 Å². The van der Waals surface area contributed by atoms with Crippen molar-refractivity contribution < 1.29 is 4.79 Å². The van der Waals surface area contributed by atoms with E-state index in [4.69, 9.17) is 0 Å². The number of carbonyl (C=O) groups excluding carboxylic acids is 1. The molecule has 0 bridgehead atoms. The number of amides is 1. The first-order chi connectivity index (χ1) is 7.06. The fourth-order valence-corrected chi connectivity index (χ4v) is 1.75. The first-order valence-corrected chi connectivity index (χ1v) is 6.05. The van der Waals surface area contributed by atoms with Crippen LogP contribution in [0.2, 0.25) is 0 Å². The van der Waals surface area contributed by atoms with Gasteiger partial charge in [0.25, 0.3) is 0 Å². The second kappa shape index (κ2) is 7.13. The molecule has 1 amide bonds. The Balaban J connectivity index is 0.00000225. The molecule has 1 heterocycles. The minimum absolute atomic E-state index is 0. The van der Waals surface area contributed by atoms with Crippen LogP contribution in [0, 0.1) is 11.3 Å². The van der Waals surface area contributed by atoms with Crippen LogP contribution in [0.4, 0.5) is 0 Å². The zero-order valence-corrected chi connectivity index (χ0v) is 11.5. The van der Waals surface area contributed by atoms with Gasteiger partial charge >= 0.3 is 0 Å². The Bertz CT molecular complexity index is 213. The molecule has 1 rings (SSSR count). The Morgan fingerprint density at radius 3 is 2.69 bits per heavy atom. The maximum atomic E-state index is 11.7. The van der Waals surface area contributed by atoms with Crippen LogP contribution in [0.3, 0.4) is 0 Å². The fraction of sp³-hybridized carbons (Fsp3) is 0.917. The summed E-state index contributed by atoms with van der Waals surface area (Å²) >= 11 is 0. The van der Waals surface area contributed by atoms with E-state index in [9.17, 15) is 4.79 Å². The molecule has 1 saturated heterocycles. The van der Waals surface area contributed by atoms with E-state index in [0.717, 1.165) is 38.4 Å². The van der Waals surface area contributed by atoms with Gasteiger partial charge in [0, 0.05) is 12.0 Å². The molecule has 96 valence electrons. The van der Waals surface area contributed by atoms with E-state index in [-0.39, 0.29) is 23.7 Å². The molecular weight excluding hydrogens is 224 g/mol. The number of halogens is 1. The number of hydrogen-bond acceptors (Lipinski definition) is 2. The Hall–Kier alpha value is -0.280. The number of hydrogen-bond donors (Lipinski definition) is 2. The van der Waals surface area contributed by atoms with Crippen molar-refractivity contribution in [3.8, 4) is 0 Å². The molecule has 0 aromatic heterocycles. The highest BCUT2D eigenvalue weighted by molar-refractivity contribution is 5.85. The van der Waals surface area contributed by atoms with Crippen molar-refractivity contribution in [2.75, 3.05) is 19.6 Å². The lowest BCUT2D eigenvalue weighted by atomic mass is 9.89. The first kappa shape index (κ1) is 15.7. The Morgan fingerprint density at radius 2 is 2.19 bits per heavy atom. The Kier molecular flexibility index (Phi) is 7.00. The van der Waals surface area contributed by atoms with E-state index in [0.29, 0.717) is 0 Å². The van der Waals surface area contributed by atoms with Gasteiger partial charge < -0.3 is 10.6 Å². The largest absolute Gasteiger partial charge is 0.356 e. The zero-order valence-electron chi connectivity index (χ0n) is 10.6. The summed E-state index contributed by atoms with van der Waals surface area (Å²) in [5.41, 5.74) is -0.214. The van der Waals surface area contributed by atoms with E-state index in [1.165, 1.54) is 6.42 Å². The van der Waals surface area contributed by atoms with Crippen LogP contribution in [0.15, 0.2) is 0 Å². The van der Waals surface area contributed by atoms with E-state index >= 15 is 0 Å². The van der Waals surface area contributed by atoms with Crippen LogP contribution < -0.4 is 10.6 Å². The summed E-state index contributed by atoms with van der Waals surface area (Å²) in [5.74, 6) is 0.950. The normalized spacial score (nSPS) is 20.3. The molecule has 4 heteroatoms. The first-order valence-electron chi connectivity index (χ1n) is 6.05. The van der Waals surface area contributed by atoms with Crippen molar-refractivity contribution in [3.63, 3.8) is 0 Å². The van der Waals surface area contributed by atoms with Gasteiger partial charge in [-0.3, -0.25) is 4.79 Å². The zero-order chi connectivity index (χ0) is 11.3. The lowest BCUT2D eigenvalue weighted by Crippen LogP contribution is -2.37. The van der Waals surface area contributed by atoms with E-state index in [1.54, 1.807) is 0 Å². The molecule has 1 atom stereocenters. The van der Waals surface area contributed by atoms with Crippen molar-refractivity contribution in [1.29, 1.82) is 0 Å². The van der Waals surface area contributed by atoms with Crippen LogP contribution in [-0.4, -0.2) is 25.5 Å². The molecule has 0 aromatic rings. The molecular formula is C12H25ClN2O. The van der Waals surface area contributed by atoms with Crippen LogP contribution in [0.25, 0.3) is 0 Å². The van der Waals surface area contributed by atoms with Gasteiger partial charge in [-0.25, -0.2) is 0 Å². The van der Waals surface area contributed by atoms with Crippen molar-refractivity contribution in [3.05, 3.63) is 0 Å². The highest BCUT2D eigenvalue weighted by Gasteiger charge is 2.25. The highest BCUT2D eigenvalue weighted by atomic mass is 35.5. The molecule has 0 aliphatic carbocycles. The number of nitrogens with one attached hydrogen (secondary N) is 2. The molecule has 1 aliphatic heterocycles. The van der Waals surface area contributed by atoms with Crippen LogP contribution in [0.5, 0.6) is 0 Å². The summed E-state index contributed by atoms with van der Waals surface area (Å²) in [4.78, 5) is 11.7. The molecule has 0 radical (unpaired) electrons. The molecule has 1 unspecified atom stereocenters. The summed E-state index contributed by atoms with van der Waals surface area (Å²) in [6.07, 6.45) is 3.26. The average molecular weight is 249 g/mol. The fourth-order valence-electron chi connectivity index (χ4n) is 1.75. The highest BCUT2D eigenvalue weighted by Crippen LogP contribution is 2.19. The van der Waals surface area contributed by atoms with Crippen LogP contribution >= 0.6 is 12.4 Å². The van der Waals surface area contributed by atoms with E-state index < -0.39 is 0 Å². The molecule has 0 aromatic carbocycles. The summed E-state index contributed by atoms with van der Waals surface area (Å²) in [6, 6.07) is 0. The minimum Gasteiger partial charge on any atom is -0.356 e. The maximum Gasteiger partial charge on any atom is 0.225 e. The summed E-state index contributed by atoms with van der Waals surface area (Å²) in [5, 5.41) is 6.37. The third-order valence-electron chi connectivity index (χ3n) is 3.50. The Morgan fingerprint density at radius 1 is 1.50 bits per heavy atom. The number of carbonyl (C=O) groups is 1. The van der Waals surface area contributed by atoms with E-state index in [2.05, 4.69) is 17.6 Å². The predicted octanol–water partition coefficient (Wildman–Crippen LogP) is 1.96. The summed E-state index contributed by atoms with van der Waals surface area (Å²) in [6.45, 7) is 9.14. The molecule has 1 fully saturated rings. The third-order valence-corrected chi connectivity index (χ3v) is 3.50. The SMILES string of the molecule is CCC(C)(C)C(=O)NCCC1CCNC1.Cl. The van der Waals surface area contributed by atoms with Crippen molar-refractivity contribution >= 4 is 18.3 Å². The van der Waals surface area contributed by atoms with Gasteiger partial charge in [0.15, 0.2) is 0 Å². The Labute approximate surface area is 105 Å². The maximum absolute atomic E-state index is 11.7. The standard InChI is InChI=1S/C12H24N2O.ClH/c1-4-12(2,3)11(15)14-8-6-10-5-7-13-9-10;/h10,13H,4-9H2,1-3H3,(H,14,15);1H. The van der Waals surface area contributed by atoms with Gasteiger partial charge in [0.05, 0.1) is 0 Å². The molecule has 16 heavy (non-hydrogen) atoms. The minimum atomic E-state index is -0.214. The second-order valence-electron chi connectivity index (χ2n) is 5.14. The molecule has 3 nitrogen and oxygen atoms in total. The lowest BCUT2D eigenvalue weighted by Gasteiger charge is -2.21. The molecule has 1 aliphatic rings. The quantitative estimate of drug-likeness (QED) is 0.781. The molecule has 2 N–H and O–H groups in total. The smallest absolute Gasteiger partial charge is 0.225 e. The van der Waals surface area contributed by atoms with Gasteiger partial charge in [0.2, 0.25) is 5.91 Å². The summed E-state index contributed by atoms with van der Waals surface area (Å²) < 4.78 is 0. The van der Waals surface area contributed by atoms with Crippen LogP contribution in [0.1, 0.15) is 40.0 Å². The average Bonchev–Trinajstić information content (AvgIpc) is 2.70. The van der Waals surface area contributed by atoms with Gasteiger partial charge in [-0.05, 0) is 38.3 Å². The van der Waals surface area contributed by atoms with Gasteiger partial charge in [-0.2, -0.15) is 0 Å². The lowest BCUT2D eigenvalue weighted by molar-refractivity contribution is -0.129.